The highest BCUT2D eigenvalue weighted by atomic mass is 16.5. The predicted octanol–water partition coefficient (Wildman–Crippen LogP) is 2.26. The SMILES string of the molecule is COC(=O)c1cc(NC(=O)[C@H]2CC(=O)N(c3ccc(OC)cc3)C2)cc(C(=O)OC)c1. The van der Waals surface area contributed by atoms with Crippen LogP contribution in [-0.4, -0.2) is 51.6 Å². The van der Waals surface area contributed by atoms with Crippen LogP contribution < -0.4 is 15.0 Å². The average Bonchev–Trinajstić information content (AvgIpc) is 3.19. The van der Waals surface area contributed by atoms with E-state index in [9.17, 15) is 19.2 Å². The van der Waals surface area contributed by atoms with Crippen molar-refractivity contribution in [3.8, 4) is 5.75 Å². The lowest BCUT2D eigenvalue weighted by atomic mass is 10.1. The molecule has 0 aliphatic carbocycles. The topological polar surface area (TPSA) is 111 Å². The Morgan fingerprint density at radius 3 is 2.03 bits per heavy atom. The van der Waals surface area contributed by atoms with E-state index in [0.717, 1.165) is 0 Å². The van der Waals surface area contributed by atoms with Gasteiger partial charge in [-0.3, -0.25) is 9.59 Å². The van der Waals surface area contributed by atoms with Crippen LogP contribution in [0.2, 0.25) is 0 Å². The molecule has 2 amide bonds. The highest BCUT2D eigenvalue weighted by molar-refractivity contribution is 6.04. The maximum atomic E-state index is 12.8. The van der Waals surface area contributed by atoms with E-state index in [1.807, 2.05) is 0 Å². The third kappa shape index (κ3) is 4.82. The molecule has 3 rings (SSSR count). The Balaban J connectivity index is 1.77. The summed E-state index contributed by atoms with van der Waals surface area (Å²) in [7, 11) is 3.98. The largest absolute Gasteiger partial charge is 0.497 e. The fourth-order valence-corrected chi connectivity index (χ4v) is 3.31. The van der Waals surface area contributed by atoms with Crippen LogP contribution in [0.3, 0.4) is 0 Å². The van der Waals surface area contributed by atoms with Gasteiger partial charge in [-0.25, -0.2) is 9.59 Å². The van der Waals surface area contributed by atoms with Gasteiger partial charge in [0, 0.05) is 24.3 Å². The zero-order valence-electron chi connectivity index (χ0n) is 17.3. The van der Waals surface area contributed by atoms with Gasteiger partial charge in [0.15, 0.2) is 0 Å². The lowest BCUT2D eigenvalue weighted by Crippen LogP contribution is -2.28. The molecule has 2 aromatic carbocycles. The molecule has 1 atom stereocenters. The van der Waals surface area contributed by atoms with Crippen LogP contribution in [0.1, 0.15) is 27.1 Å². The van der Waals surface area contributed by atoms with E-state index >= 15 is 0 Å². The zero-order valence-corrected chi connectivity index (χ0v) is 17.3. The molecule has 0 unspecified atom stereocenters. The maximum absolute atomic E-state index is 12.8. The minimum Gasteiger partial charge on any atom is -0.497 e. The molecule has 1 aliphatic rings. The molecule has 0 spiro atoms. The van der Waals surface area contributed by atoms with E-state index in [4.69, 9.17) is 14.2 Å². The molecule has 2 aromatic rings. The van der Waals surface area contributed by atoms with Crippen LogP contribution in [-0.2, 0) is 19.1 Å². The molecule has 0 saturated carbocycles. The van der Waals surface area contributed by atoms with Gasteiger partial charge in [-0.2, -0.15) is 0 Å². The Labute approximate surface area is 178 Å². The summed E-state index contributed by atoms with van der Waals surface area (Å²) in [5.74, 6) is -1.84. The van der Waals surface area contributed by atoms with Crippen LogP contribution in [0.15, 0.2) is 42.5 Å². The molecular weight excluding hydrogens is 404 g/mol. The first-order chi connectivity index (χ1) is 14.9. The van der Waals surface area contributed by atoms with Gasteiger partial charge in [0.25, 0.3) is 0 Å². The van der Waals surface area contributed by atoms with Crippen LogP contribution >= 0.6 is 0 Å². The number of anilines is 2. The summed E-state index contributed by atoms with van der Waals surface area (Å²) in [6.07, 6.45) is 0.0401. The number of carbonyl (C=O) groups is 4. The first-order valence-corrected chi connectivity index (χ1v) is 9.43. The normalized spacial score (nSPS) is 15.4. The second kappa shape index (κ2) is 9.29. The maximum Gasteiger partial charge on any atom is 0.337 e. The molecule has 1 aliphatic heterocycles. The number of ether oxygens (including phenoxy) is 3. The molecule has 0 aromatic heterocycles. The Kier molecular flexibility index (Phi) is 6.54. The summed E-state index contributed by atoms with van der Waals surface area (Å²) in [6, 6.07) is 11.1. The van der Waals surface area contributed by atoms with Crippen LogP contribution in [0.25, 0.3) is 0 Å². The van der Waals surface area contributed by atoms with Gasteiger partial charge in [0.05, 0.1) is 38.4 Å². The Morgan fingerprint density at radius 1 is 0.935 bits per heavy atom. The summed E-state index contributed by atoms with van der Waals surface area (Å²) in [6.45, 7) is 0.206. The highest BCUT2D eigenvalue weighted by Crippen LogP contribution is 2.28. The Morgan fingerprint density at radius 2 is 1.52 bits per heavy atom. The molecule has 0 bridgehead atoms. The van der Waals surface area contributed by atoms with Gasteiger partial charge in [-0.05, 0) is 42.5 Å². The molecule has 9 nitrogen and oxygen atoms in total. The van der Waals surface area contributed by atoms with E-state index in [2.05, 4.69) is 5.32 Å². The van der Waals surface area contributed by atoms with Gasteiger partial charge in [-0.1, -0.05) is 0 Å². The number of methoxy groups -OCH3 is 3. The highest BCUT2D eigenvalue weighted by Gasteiger charge is 2.35. The minimum atomic E-state index is -0.664. The van der Waals surface area contributed by atoms with Crippen molar-refractivity contribution in [3.63, 3.8) is 0 Å². The number of nitrogens with zero attached hydrogens (tertiary/aromatic N) is 1. The molecule has 31 heavy (non-hydrogen) atoms. The van der Waals surface area contributed by atoms with Crippen molar-refractivity contribution >= 4 is 35.1 Å². The molecule has 1 fully saturated rings. The number of rotatable bonds is 6. The summed E-state index contributed by atoms with van der Waals surface area (Å²) < 4.78 is 14.5. The summed E-state index contributed by atoms with van der Waals surface area (Å²) in [4.78, 5) is 50.6. The first-order valence-electron chi connectivity index (χ1n) is 9.43. The van der Waals surface area contributed by atoms with Crippen LogP contribution in [0, 0.1) is 5.92 Å². The quantitative estimate of drug-likeness (QED) is 0.705. The standard InChI is InChI=1S/C22H22N2O7/c1-29-18-6-4-17(5-7-18)24-12-15(11-19(24)25)20(26)23-16-9-13(21(27)30-2)8-14(10-16)22(28)31-3/h4-10,15H,11-12H2,1-3H3,(H,23,26)/t15-/m0/s1. The van der Waals surface area contributed by atoms with E-state index in [-0.39, 0.29) is 35.7 Å². The van der Waals surface area contributed by atoms with Crippen molar-refractivity contribution in [1.82, 2.24) is 0 Å². The number of benzene rings is 2. The van der Waals surface area contributed by atoms with Crippen LogP contribution in [0.5, 0.6) is 5.75 Å². The molecule has 1 heterocycles. The molecule has 0 radical (unpaired) electrons. The lowest BCUT2D eigenvalue weighted by molar-refractivity contribution is -0.122. The number of esters is 2. The smallest absolute Gasteiger partial charge is 0.337 e. The third-order valence-electron chi connectivity index (χ3n) is 4.92. The molecular formula is C22H22N2O7. The van der Waals surface area contributed by atoms with E-state index in [1.54, 1.807) is 31.4 Å². The number of carbonyl (C=O) groups excluding carboxylic acids is 4. The predicted molar refractivity (Wildman–Crippen MR) is 111 cm³/mol. The summed E-state index contributed by atoms with van der Waals surface area (Å²) >= 11 is 0. The van der Waals surface area contributed by atoms with Gasteiger partial charge < -0.3 is 24.4 Å². The van der Waals surface area contributed by atoms with Gasteiger partial charge in [-0.15, -0.1) is 0 Å². The van der Waals surface area contributed by atoms with Crippen molar-refractivity contribution < 1.29 is 33.4 Å². The van der Waals surface area contributed by atoms with Crippen molar-refractivity contribution in [2.75, 3.05) is 38.1 Å². The fraction of sp³-hybridized carbons (Fsp3) is 0.273. The lowest BCUT2D eigenvalue weighted by Gasteiger charge is -2.17. The van der Waals surface area contributed by atoms with Crippen molar-refractivity contribution in [2.45, 2.75) is 6.42 Å². The number of hydrogen-bond donors (Lipinski definition) is 1. The Hall–Kier alpha value is -3.88. The van der Waals surface area contributed by atoms with Crippen molar-refractivity contribution in [3.05, 3.63) is 53.6 Å². The summed E-state index contributed by atoms with van der Waals surface area (Å²) in [5.41, 5.74) is 1.07. The molecule has 1 N–H and O–H groups in total. The van der Waals surface area contributed by atoms with E-state index in [0.29, 0.717) is 11.4 Å². The van der Waals surface area contributed by atoms with Gasteiger partial charge >= 0.3 is 11.9 Å². The zero-order chi connectivity index (χ0) is 22.5. The molecule has 1 saturated heterocycles. The first kappa shape index (κ1) is 21.8. The number of amides is 2. The molecule has 9 heteroatoms. The summed E-state index contributed by atoms with van der Waals surface area (Å²) in [5, 5.41) is 2.68. The second-order valence-corrected chi connectivity index (χ2v) is 6.87. The average molecular weight is 426 g/mol. The monoisotopic (exact) mass is 426 g/mol. The van der Waals surface area contributed by atoms with Crippen molar-refractivity contribution in [2.24, 2.45) is 5.92 Å². The van der Waals surface area contributed by atoms with Gasteiger partial charge in [0.2, 0.25) is 11.8 Å². The van der Waals surface area contributed by atoms with Crippen molar-refractivity contribution in [1.29, 1.82) is 0 Å². The minimum absolute atomic E-state index is 0.0401. The Bertz CT molecular complexity index is 983. The third-order valence-corrected chi connectivity index (χ3v) is 4.92. The van der Waals surface area contributed by atoms with E-state index < -0.39 is 23.8 Å². The fourth-order valence-electron chi connectivity index (χ4n) is 3.31. The molecule has 162 valence electrons. The van der Waals surface area contributed by atoms with E-state index in [1.165, 1.54) is 37.3 Å². The second-order valence-electron chi connectivity index (χ2n) is 6.87. The number of hydrogen-bond acceptors (Lipinski definition) is 7. The van der Waals surface area contributed by atoms with Gasteiger partial charge in [0.1, 0.15) is 5.75 Å². The number of nitrogens with one attached hydrogen (secondary N) is 1. The van der Waals surface area contributed by atoms with Crippen LogP contribution in [0.4, 0.5) is 11.4 Å².